The van der Waals surface area contributed by atoms with Gasteiger partial charge in [0, 0.05) is 34.9 Å². The molecule has 0 unspecified atom stereocenters. The Morgan fingerprint density at radius 2 is 1.91 bits per heavy atom. The summed E-state index contributed by atoms with van der Waals surface area (Å²) < 4.78 is 2.03. The Morgan fingerprint density at radius 1 is 1.13 bits per heavy atom. The first-order valence-corrected chi connectivity index (χ1v) is 7.39. The first-order chi connectivity index (χ1) is 11.1. The van der Waals surface area contributed by atoms with E-state index in [1.807, 2.05) is 42.0 Å². The lowest BCUT2D eigenvalue weighted by Crippen LogP contribution is -2.14. The third-order valence-electron chi connectivity index (χ3n) is 3.78. The van der Waals surface area contributed by atoms with Crippen LogP contribution in [0.25, 0.3) is 10.9 Å². The number of primary amides is 1. The fraction of sp³-hybridized carbons (Fsp3) is 0.111. The van der Waals surface area contributed by atoms with Crippen molar-refractivity contribution < 1.29 is 9.59 Å². The van der Waals surface area contributed by atoms with Gasteiger partial charge in [-0.15, -0.1) is 0 Å². The van der Waals surface area contributed by atoms with Gasteiger partial charge in [-0.3, -0.25) is 9.59 Å². The zero-order valence-corrected chi connectivity index (χ0v) is 12.7. The molecule has 1 aromatic heterocycles. The molecule has 2 amide bonds. The van der Waals surface area contributed by atoms with E-state index in [2.05, 4.69) is 5.32 Å². The lowest BCUT2D eigenvalue weighted by molar-refractivity contribution is 0.0996. The summed E-state index contributed by atoms with van der Waals surface area (Å²) >= 11 is 0. The number of benzene rings is 2. The van der Waals surface area contributed by atoms with Crippen LogP contribution in [0.1, 0.15) is 27.6 Å². The smallest absolute Gasteiger partial charge is 0.257 e. The second-order valence-corrected chi connectivity index (χ2v) is 5.25. The molecule has 0 aliphatic heterocycles. The van der Waals surface area contributed by atoms with E-state index in [9.17, 15) is 9.59 Å². The number of nitrogens with one attached hydrogen (secondary N) is 1. The second kappa shape index (κ2) is 5.96. The molecule has 0 radical (unpaired) electrons. The standard InChI is InChI=1S/C18H17N3O2/c1-2-21-11-15(14-8-3-4-9-16(14)21)18(23)20-13-7-5-6-12(10-13)17(19)22/h3-11H,2H2,1H3,(H2,19,22)(H,20,23). The molecule has 0 spiro atoms. The van der Waals surface area contributed by atoms with Gasteiger partial charge >= 0.3 is 0 Å². The van der Waals surface area contributed by atoms with Crippen LogP contribution in [0.15, 0.2) is 54.7 Å². The van der Waals surface area contributed by atoms with E-state index >= 15 is 0 Å². The van der Waals surface area contributed by atoms with Gasteiger partial charge in [0.05, 0.1) is 5.56 Å². The summed E-state index contributed by atoms with van der Waals surface area (Å²) in [5.74, 6) is -0.737. The summed E-state index contributed by atoms with van der Waals surface area (Å²) in [6.45, 7) is 2.81. The number of rotatable bonds is 4. The first-order valence-electron chi connectivity index (χ1n) is 7.39. The molecule has 3 N–H and O–H groups in total. The number of carbonyl (C=O) groups is 2. The number of nitrogens with zero attached hydrogens (tertiary/aromatic N) is 1. The van der Waals surface area contributed by atoms with Crippen LogP contribution in [0.3, 0.4) is 0 Å². The number of carbonyl (C=O) groups excluding carboxylic acids is 2. The molecule has 0 atom stereocenters. The number of hydrogen-bond donors (Lipinski definition) is 2. The molecule has 0 fully saturated rings. The average molecular weight is 307 g/mol. The highest BCUT2D eigenvalue weighted by molar-refractivity contribution is 6.13. The Bertz CT molecular complexity index is 896. The van der Waals surface area contributed by atoms with Gasteiger partial charge in [0.1, 0.15) is 0 Å². The van der Waals surface area contributed by atoms with Gasteiger partial charge in [-0.2, -0.15) is 0 Å². The van der Waals surface area contributed by atoms with Crippen LogP contribution in [0.2, 0.25) is 0 Å². The molecule has 3 rings (SSSR count). The van der Waals surface area contributed by atoms with Crippen LogP contribution in [0, 0.1) is 0 Å². The number of nitrogens with two attached hydrogens (primary N) is 1. The predicted octanol–water partition coefficient (Wildman–Crippen LogP) is 3.01. The van der Waals surface area contributed by atoms with Crippen LogP contribution in [-0.2, 0) is 6.54 Å². The maximum absolute atomic E-state index is 12.6. The highest BCUT2D eigenvalue weighted by Crippen LogP contribution is 2.22. The second-order valence-electron chi connectivity index (χ2n) is 5.25. The van der Waals surface area contributed by atoms with Gasteiger partial charge in [0.2, 0.25) is 5.91 Å². The SMILES string of the molecule is CCn1cc(C(=O)Nc2cccc(C(N)=O)c2)c2ccccc21. The fourth-order valence-electron chi connectivity index (χ4n) is 2.64. The number of aryl methyl sites for hydroxylation is 1. The van der Waals surface area contributed by atoms with Crippen molar-refractivity contribution in [3.63, 3.8) is 0 Å². The van der Waals surface area contributed by atoms with Crippen LogP contribution in [0.4, 0.5) is 5.69 Å². The molecule has 5 heteroatoms. The largest absolute Gasteiger partial charge is 0.366 e. The number of para-hydroxylation sites is 1. The molecule has 3 aromatic rings. The highest BCUT2D eigenvalue weighted by atomic mass is 16.2. The third kappa shape index (κ3) is 2.81. The maximum Gasteiger partial charge on any atom is 0.257 e. The average Bonchev–Trinajstić information content (AvgIpc) is 2.94. The molecule has 0 saturated heterocycles. The Balaban J connectivity index is 1.95. The molecule has 2 aromatic carbocycles. The molecule has 0 bridgehead atoms. The van der Waals surface area contributed by atoms with E-state index in [4.69, 9.17) is 5.73 Å². The minimum absolute atomic E-state index is 0.213. The number of anilines is 1. The quantitative estimate of drug-likeness (QED) is 0.777. The molecule has 116 valence electrons. The first kappa shape index (κ1) is 14.8. The summed E-state index contributed by atoms with van der Waals surface area (Å²) in [6, 6.07) is 14.4. The van der Waals surface area contributed by atoms with E-state index < -0.39 is 5.91 Å². The predicted molar refractivity (Wildman–Crippen MR) is 90.5 cm³/mol. The monoisotopic (exact) mass is 307 g/mol. The van der Waals surface area contributed by atoms with Crippen molar-refractivity contribution in [1.29, 1.82) is 0 Å². The van der Waals surface area contributed by atoms with Crippen molar-refractivity contribution in [1.82, 2.24) is 4.57 Å². The van der Waals surface area contributed by atoms with Crippen molar-refractivity contribution in [3.05, 3.63) is 65.9 Å². The van der Waals surface area contributed by atoms with Crippen molar-refractivity contribution in [2.75, 3.05) is 5.32 Å². The molecule has 5 nitrogen and oxygen atoms in total. The van der Waals surface area contributed by atoms with Crippen LogP contribution in [-0.4, -0.2) is 16.4 Å². The van der Waals surface area contributed by atoms with Gasteiger partial charge in [0.15, 0.2) is 0 Å². The number of aromatic nitrogens is 1. The van der Waals surface area contributed by atoms with Crippen molar-refractivity contribution >= 4 is 28.4 Å². The molecule has 1 heterocycles. The van der Waals surface area contributed by atoms with Gasteiger partial charge in [0.25, 0.3) is 5.91 Å². The number of amides is 2. The zero-order valence-electron chi connectivity index (χ0n) is 12.7. The van der Waals surface area contributed by atoms with Crippen LogP contribution < -0.4 is 11.1 Å². The number of fused-ring (bicyclic) bond motifs is 1. The summed E-state index contributed by atoms with van der Waals surface area (Å²) in [5.41, 5.74) is 7.79. The van der Waals surface area contributed by atoms with Crippen molar-refractivity contribution in [2.45, 2.75) is 13.5 Å². The molecular formula is C18H17N3O2. The Kier molecular flexibility index (Phi) is 3.85. The van der Waals surface area contributed by atoms with Crippen molar-refractivity contribution in [2.24, 2.45) is 5.73 Å². The molecular weight excluding hydrogens is 290 g/mol. The highest BCUT2D eigenvalue weighted by Gasteiger charge is 2.14. The lowest BCUT2D eigenvalue weighted by atomic mass is 10.1. The minimum atomic E-state index is -0.524. The molecule has 23 heavy (non-hydrogen) atoms. The van der Waals surface area contributed by atoms with Gasteiger partial charge in [-0.25, -0.2) is 0 Å². The number of hydrogen-bond acceptors (Lipinski definition) is 2. The molecule has 0 aliphatic rings. The summed E-state index contributed by atoms with van der Waals surface area (Å²) in [5, 5.41) is 3.72. The summed E-state index contributed by atoms with van der Waals surface area (Å²) in [7, 11) is 0. The normalized spacial score (nSPS) is 10.7. The van der Waals surface area contributed by atoms with Gasteiger partial charge < -0.3 is 15.6 Å². The molecule has 0 aliphatic carbocycles. The van der Waals surface area contributed by atoms with Crippen LogP contribution in [0.5, 0.6) is 0 Å². The lowest BCUT2D eigenvalue weighted by Gasteiger charge is -2.05. The maximum atomic E-state index is 12.6. The van der Waals surface area contributed by atoms with Crippen molar-refractivity contribution in [3.8, 4) is 0 Å². The Labute approximate surface area is 133 Å². The summed E-state index contributed by atoms with van der Waals surface area (Å²) in [4.78, 5) is 23.8. The Morgan fingerprint density at radius 3 is 2.65 bits per heavy atom. The van der Waals surface area contributed by atoms with E-state index in [1.165, 1.54) is 0 Å². The van der Waals surface area contributed by atoms with Crippen LogP contribution >= 0.6 is 0 Å². The molecule has 0 saturated carbocycles. The van der Waals surface area contributed by atoms with E-state index in [0.717, 1.165) is 17.4 Å². The van der Waals surface area contributed by atoms with Gasteiger partial charge in [-0.1, -0.05) is 24.3 Å². The fourth-order valence-corrected chi connectivity index (χ4v) is 2.64. The van der Waals surface area contributed by atoms with E-state index in [1.54, 1.807) is 24.3 Å². The minimum Gasteiger partial charge on any atom is -0.366 e. The van der Waals surface area contributed by atoms with E-state index in [-0.39, 0.29) is 5.91 Å². The zero-order chi connectivity index (χ0) is 16.4. The Hall–Kier alpha value is -3.08. The van der Waals surface area contributed by atoms with Gasteiger partial charge in [-0.05, 0) is 31.2 Å². The summed E-state index contributed by atoms with van der Waals surface area (Å²) in [6.07, 6.45) is 1.85. The van der Waals surface area contributed by atoms with E-state index in [0.29, 0.717) is 16.8 Å². The third-order valence-corrected chi connectivity index (χ3v) is 3.78. The topological polar surface area (TPSA) is 77.1 Å².